The first kappa shape index (κ1) is 13.2. The molecule has 0 saturated heterocycles. The van der Waals surface area contributed by atoms with Crippen LogP contribution in [0.2, 0.25) is 0 Å². The predicted octanol–water partition coefficient (Wildman–Crippen LogP) is 2.58. The second kappa shape index (κ2) is 5.66. The summed E-state index contributed by atoms with van der Waals surface area (Å²) in [7, 11) is 1.65. The lowest BCUT2D eigenvalue weighted by Gasteiger charge is -2.05. The van der Waals surface area contributed by atoms with Gasteiger partial charge in [0.25, 0.3) is 0 Å². The van der Waals surface area contributed by atoms with Crippen molar-refractivity contribution in [2.45, 2.75) is 6.54 Å². The van der Waals surface area contributed by atoms with Crippen molar-refractivity contribution in [2.75, 3.05) is 12.8 Å². The zero-order valence-electron chi connectivity index (χ0n) is 11.7. The quantitative estimate of drug-likeness (QED) is 0.797. The third kappa shape index (κ3) is 2.86. The number of anilines is 1. The first-order chi connectivity index (χ1) is 10.3. The van der Waals surface area contributed by atoms with Gasteiger partial charge in [-0.15, -0.1) is 0 Å². The van der Waals surface area contributed by atoms with Gasteiger partial charge in [-0.25, -0.2) is 4.68 Å². The second-order valence-corrected chi connectivity index (χ2v) is 4.68. The van der Waals surface area contributed by atoms with Gasteiger partial charge in [-0.05, 0) is 29.8 Å². The molecule has 3 rings (SSSR count). The smallest absolute Gasteiger partial charge is 0.122 e. The summed E-state index contributed by atoms with van der Waals surface area (Å²) in [4.78, 5) is 4.29. The summed E-state index contributed by atoms with van der Waals surface area (Å²) in [6.07, 6.45) is 1.74. The summed E-state index contributed by atoms with van der Waals surface area (Å²) in [5, 5.41) is 4.52. The van der Waals surface area contributed by atoms with Gasteiger partial charge in [0.2, 0.25) is 0 Å². The normalized spacial score (nSPS) is 10.5. The number of aromatic nitrogens is 3. The van der Waals surface area contributed by atoms with E-state index >= 15 is 0 Å². The van der Waals surface area contributed by atoms with Gasteiger partial charge in [-0.1, -0.05) is 18.2 Å². The molecule has 21 heavy (non-hydrogen) atoms. The second-order valence-electron chi connectivity index (χ2n) is 4.68. The Bertz CT molecular complexity index is 720. The highest BCUT2D eigenvalue weighted by molar-refractivity contribution is 5.57. The summed E-state index contributed by atoms with van der Waals surface area (Å²) in [5.41, 5.74) is 8.74. The Balaban J connectivity index is 1.84. The van der Waals surface area contributed by atoms with Crippen molar-refractivity contribution >= 4 is 5.82 Å². The van der Waals surface area contributed by atoms with Gasteiger partial charge >= 0.3 is 0 Å². The van der Waals surface area contributed by atoms with E-state index in [1.54, 1.807) is 18.0 Å². The van der Waals surface area contributed by atoms with E-state index in [9.17, 15) is 0 Å². The minimum Gasteiger partial charge on any atom is -0.497 e. The fraction of sp³-hybridized carbons (Fsp3) is 0.125. The van der Waals surface area contributed by atoms with Gasteiger partial charge in [0.15, 0.2) is 0 Å². The van der Waals surface area contributed by atoms with Crippen LogP contribution in [-0.2, 0) is 6.54 Å². The molecule has 2 heterocycles. The molecule has 2 N–H and O–H groups in total. The molecule has 5 nitrogen and oxygen atoms in total. The van der Waals surface area contributed by atoms with Crippen LogP contribution in [0.1, 0.15) is 5.56 Å². The number of pyridine rings is 1. The molecular formula is C16H16N4O. The topological polar surface area (TPSA) is 66.0 Å². The molecule has 0 aliphatic rings. The molecular weight excluding hydrogens is 264 g/mol. The van der Waals surface area contributed by atoms with Crippen molar-refractivity contribution in [2.24, 2.45) is 0 Å². The van der Waals surface area contributed by atoms with Gasteiger partial charge < -0.3 is 10.5 Å². The van der Waals surface area contributed by atoms with E-state index in [1.165, 1.54) is 0 Å². The molecule has 0 bridgehead atoms. The number of ether oxygens (including phenoxy) is 1. The Morgan fingerprint density at radius 1 is 1.10 bits per heavy atom. The Morgan fingerprint density at radius 3 is 2.57 bits per heavy atom. The minimum atomic E-state index is 0.614. The Kier molecular flexibility index (Phi) is 3.55. The molecule has 5 heteroatoms. The number of hydrogen-bond donors (Lipinski definition) is 1. The summed E-state index contributed by atoms with van der Waals surface area (Å²) in [6.45, 7) is 0.614. The van der Waals surface area contributed by atoms with Gasteiger partial charge in [0.05, 0.1) is 19.3 Å². The largest absolute Gasteiger partial charge is 0.497 e. The Hall–Kier alpha value is -2.82. The number of hydrogen-bond acceptors (Lipinski definition) is 4. The van der Waals surface area contributed by atoms with E-state index in [-0.39, 0.29) is 0 Å². The fourth-order valence-electron chi connectivity index (χ4n) is 2.10. The average Bonchev–Trinajstić information content (AvgIpc) is 2.90. The van der Waals surface area contributed by atoms with Gasteiger partial charge in [0.1, 0.15) is 17.3 Å². The molecule has 0 fully saturated rings. The molecule has 0 unspecified atom stereocenters. The van der Waals surface area contributed by atoms with Gasteiger partial charge in [-0.3, -0.25) is 4.98 Å². The van der Waals surface area contributed by atoms with Crippen LogP contribution < -0.4 is 10.5 Å². The maximum absolute atomic E-state index is 6.03. The first-order valence-electron chi connectivity index (χ1n) is 6.64. The first-order valence-corrected chi connectivity index (χ1v) is 6.64. The van der Waals surface area contributed by atoms with Crippen LogP contribution in [0.3, 0.4) is 0 Å². The van der Waals surface area contributed by atoms with Crippen LogP contribution >= 0.6 is 0 Å². The molecule has 3 aromatic rings. The van der Waals surface area contributed by atoms with Gasteiger partial charge in [0, 0.05) is 12.3 Å². The summed E-state index contributed by atoms with van der Waals surface area (Å²) < 4.78 is 6.92. The average molecular weight is 280 g/mol. The Labute approximate surface area is 123 Å². The van der Waals surface area contributed by atoms with E-state index < -0.39 is 0 Å². The number of rotatable bonds is 4. The van der Waals surface area contributed by atoms with Crippen LogP contribution in [-0.4, -0.2) is 21.9 Å². The molecule has 0 amide bonds. The molecule has 0 aliphatic carbocycles. The zero-order valence-corrected chi connectivity index (χ0v) is 11.7. The highest BCUT2D eigenvalue weighted by Crippen LogP contribution is 2.19. The standard InChI is InChI=1S/C16H16N4O/c1-21-13-7-5-12(6-8-13)11-20-16(17)10-15(19-20)14-4-2-3-9-18-14/h2-10H,11,17H2,1H3. The summed E-state index contributed by atoms with van der Waals surface area (Å²) in [5.74, 6) is 1.45. The molecule has 0 aliphatic heterocycles. The van der Waals surface area contributed by atoms with Crippen LogP contribution in [0.4, 0.5) is 5.82 Å². The van der Waals surface area contributed by atoms with E-state index in [1.807, 2.05) is 48.5 Å². The van der Waals surface area contributed by atoms with Crippen LogP contribution in [0.5, 0.6) is 5.75 Å². The highest BCUT2D eigenvalue weighted by atomic mass is 16.5. The molecule has 2 aromatic heterocycles. The molecule has 1 aromatic carbocycles. The monoisotopic (exact) mass is 280 g/mol. The summed E-state index contributed by atoms with van der Waals surface area (Å²) >= 11 is 0. The predicted molar refractivity (Wildman–Crippen MR) is 82.0 cm³/mol. The molecule has 0 saturated carbocycles. The molecule has 0 spiro atoms. The molecule has 0 atom stereocenters. The van der Waals surface area contributed by atoms with Crippen LogP contribution in [0.15, 0.2) is 54.7 Å². The molecule has 106 valence electrons. The lowest BCUT2D eigenvalue weighted by Crippen LogP contribution is -2.05. The SMILES string of the molecule is COc1ccc(Cn2nc(-c3ccccn3)cc2N)cc1. The lowest BCUT2D eigenvalue weighted by molar-refractivity contribution is 0.414. The maximum atomic E-state index is 6.03. The number of nitrogens with zero attached hydrogens (tertiary/aromatic N) is 3. The fourth-order valence-corrected chi connectivity index (χ4v) is 2.10. The zero-order chi connectivity index (χ0) is 14.7. The van der Waals surface area contributed by atoms with Crippen molar-refractivity contribution in [1.29, 1.82) is 0 Å². The number of nitrogen functional groups attached to an aromatic ring is 1. The lowest BCUT2D eigenvalue weighted by atomic mass is 10.2. The van der Waals surface area contributed by atoms with Crippen LogP contribution in [0, 0.1) is 0 Å². The van der Waals surface area contributed by atoms with Crippen molar-refractivity contribution in [1.82, 2.24) is 14.8 Å². The van der Waals surface area contributed by atoms with Crippen molar-refractivity contribution in [3.63, 3.8) is 0 Å². The van der Waals surface area contributed by atoms with E-state index in [4.69, 9.17) is 10.5 Å². The highest BCUT2D eigenvalue weighted by Gasteiger charge is 2.08. The van der Waals surface area contributed by atoms with E-state index in [2.05, 4.69) is 10.1 Å². The molecule has 0 radical (unpaired) electrons. The van der Waals surface area contributed by atoms with E-state index in [0.717, 1.165) is 22.7 Å². The maximum Gasteiger partial charge on any atom is 0.122 e. The van der Waals surface area contributed by atoms with Crippen molar-refractivity contribution in [3.8, 4) is 17.1 Å². The number of methoxy groups -OCH3 is 1. The summed E-state index contributed by atoms with van der Waals surface area (Å²) in [6, 6.07) is 15.4. The minimum absolute atomic E-state index is 0.614. The van der Waals surface area contributed by atoms with Crippen LogP contribution in [0.25, 0.3) is 11.4 Å². The Morgan fingerprint density at radius 2 is 1.90 bits per heavy atom. The number of nitrogens with two attached hydrogens (primary N) is 1. The third-order valence-corrected chi connectivity index (χ3v) is 3.23. The van der Waals surface area contributed by atoms with E-state index in [0.29, 0.717) is 12.4 Å². The van der Waals surface area contributed by atoms with Gasteiger partial charge in [-0.2, -0.15) is 5.10 Å². The number of benzene rings is 1. The van der Waals surface area contributed by atoms with Crippen molar-refractivity contribution in [3.05, 3.63) is 60.3 Å². The third-order valence-electron chi connectivity index (χ3n) is 3.23. The van der Waals surface area contributed by atoms with Crippen molar-refractivity contribution < 1.29 is 4.74 Å².